The summed E-state index contributed by atoms with van der Waals surface area (Å²) in [4.78, 5) is 16.8. The third-order valence-electron chi connectivity index (χ3n) is 3.96. The van der Waals surface area contributed by atoms with Crippen molar-refractivity contribution in [3.05, 3.63) is 24.3 Å². The van der Waals surface area contributed by atoms with E-state index in [4.69, 9.17) is 0 Å². The standard InChI is InChI=1S/C16H23F3N6O3/c1-23(10-4-8-20-14(26)16(17,18)19)11-5-9-21-15-22-25(28)13-7-3-2-6-12(13)24(15)27/h2-3,6-7,27-28H,4-5,8-11H2,1H3,(H,20,26)(H,21,22). The maximum absolute atomic E-state index is 12.0. The fourth-order valence-electron chi connectivity index (χ4n) is 2.53. The van der Waals surface area contributed by atoms with Crippen molar-refractivity contribution in [2.45, 2.75) is 19.0 Å². The van der Waals surface area contributed by atoms with Crippen LogP contribution in [-0.4, -0.2) is 66.6 Å². The van der Waals surface area contributed by atoms with E-state index in [2.05, 4.69) is 10.4 Å². The number of hydrogen-bond acceptors (Lipinski definition) is 6. The van der Waals surface area contributed by atoms with Crippen LogP contribution >= 0.6 is 0 Å². The highest BCUT2D eigenvalue weighted by molar-refractivity contribution is 6.00. The van der Waals surface area contributed by atoms with Crippen LogP contribution in [0.25, 0.3) is 0 Å². The van der Waals surface area contributed by atoms with E-state index in [-0.39, 0.29) is 12.5 Å². The van der Waals surface area contributed by atoms with E-state index in [1.165, 1.54) is 0 Å². The first-order valence-electron chi connectivity index (χ1n) is 8.62. The summed E-state index contributed by atoms with van der Waals surface area (Å²) in [6.45, 7) is 1.43. The van der Waals surface area contributed by atoms with Gasteiger partial charge in [-0.2, -0.15) is 23.4 Å². The molecule has 28 heavy (non-hydrogen) atoms. The molecule has 1 heterocycles. The monoisotopic (exact) mass is 404 g/mol. The van der Waals surface area contributed by atoms with E-state index >= 15 is 0 Å². The average Bonchev–Trinajstić information content (AvgIpc) is 2.65. The van der Waals surface area contributed by atoms with Crippen LogP contribution in [0, 0.1) is 0 Å². The molecule has 0 radical (unpaired) electrons. The normalized spacial score (nSPS) is 15.6. The van der Waals surface area contributed by atoms with Crippen LogP contribution in [0.3, 0.4) is 0 Å². The van der Waals surface area contributed by atoms with Gasteiger partial charge in [0.05, 0.1) is 0 Å². The van der Waals surface area contributed by atoms with E-state index in [9.17, 15) is 28.4 Å². The Morgan fingerprint density at radius 3 is 2.54 bits per heavy atom. The number of nitrogens with one attached hydrogen (secondary N) is 2. The molecule has 1 aliphatic heterocycles. The SMILES string of the molecule is CN(CCCN=C1NN(O)c2ccccc2N1O)CCCNC(=O)C(F)(F)F. The molecule has 0 saturated carbocycles. The predicted molar refractivity (Wildman–Crippen MR) is 96.2 cm³/mol. The number of alkyl halides is 3. The second kappa shape index (κ2) is 9.57. The average molecular weight is 404 g/mol. The Balaban J connectivity index is 1.69. The summed E-state index contributed by atoms with van der Waals surface area (Å²) in [5, 5.41) is 23.5. The van der Waals surface area contributed by atoms with Gasteiger partial charge >= 0.3 is 12.1 Å². The second-order valence-corrected chi connectivity index (χ2v) is 6.19. The Labute approximate surface area is 159 Å². The first-order valence-corrected chi connectivity index (χ1v) is 8.62. The van der Waals surface area contributed by atoms with E-state index in [0.717, 1.165) is 10.2 Å². The van der Waals surface area contributed by atoms with E-state index in [1.807, 2.05) is 17.3 Å². The lowest BCUT2D eigenvalue weighted by molar-refractivity contribution is -0.173. The van der Waals surface area contributed by atoms with Gasteiger partial charge in [0.1, 0.15) is 11.4 Å². The van der Waals surface area contributed by atoms with Gasteiger partial charge in [-0.1, -0.05) is 12.1 Å². The van der Waals surface area contributed by atoms with Gasteiger partial charge in [0.15, 0.2) is 0 Å². The lowest BCUT2D eigenvalue weighted by Gasteiger charge is -2.32. The number of nitrogens with zero attached hydrogens (tertiary/aromatic N) is 4. The molecule has 1 aromatic rings. The number of rotatable bonds is 8. The fraction of sp³-hybridized carbons (Fsp3) is 0.500. The van der Waals surface area contributed by atoms with Crippen molar-refractivity contribution in [2.24, 2.45) is 4.99 Å². The van der Waals surface area contributed by atoms with Crippen molar-refractivity contribution in [3.63, 3.8) is 0 Å². The number of carbonyl (C=O) groups is 1. The maximum atomic E-state index is 12.0. The molecule has 156 valence electrons. The number of halogens is 3. The zero-order valence-corrected chi connectivity index (χ0v) is 15.3. The number of fused-ring (bicyclic) bond motifs is 1. The molecule has 9 nitrogen and oxygen atoms in total. The summed E-state index contributed by atoms with van der Waals surface area (Å²) in [6.07, 6.45) is -3.85. The topological polar surface area (TPSA) is 104 Å². The Kier molecular flexibility index (Phi) is 7.43. The molecule has 0 aliphatic carbocycles. The Bertz CT molecular complexity index is 700. The number of anilines is 2. The molecule has 2 rings (SSSR count). The first-order chi connectivity index (χ1) is 13.2. The Hall–Kier alpha value is -2.57. The highest BCUT2D eigenvalue weighted by Crippen LogP contribution is 2.29. The number of carbonyl (C=O) groups excluding carboxylic acids is 1. The zero-order chi connectivity index (χ0) is 20.7. The molecule has 1 amide bonds. The van der Waals surface area contributed by atoms with Gasteiger partial charge in [-0.05, 0) is 45.1 Å². The molecule has 12 heteroatoms. The van der Waals surface area contributed by atoms with Gasteiger partial charge in [-0.15, -0.1) is 0 Å². The molecular formula is C16H23F3N6O3. The quantitative estimate of drug-likeness (QED) is 0.485. The summed E-state index contributed by atoms with van der Waals surface area (Å²) in [5.74, 6) is -1.86. The van der Waals surface area contributed by atoms with Crippen molar-refractivity contribution in [3.8, 4) is 0 Å². The van der Waals surface area contributed by atoms with Crippen LogP contribution in [-0.2, 0) is 4.79 Å². The lowest BCUT2D eigenvalue weighted by atomic mass is 10.2. The minimum atomic E-state index is -4.86. The lowest BCUT2D eigenvalue weighted by Crippen LogP contribution is -2.52. The van der Waals surface area contributed by atoms with Gasteiger partial charge in [0, 0.05) is 13.1 Å². The number of amides is 1. The molecule has 0 saturated heterocycles. The van der Waals surface area contributed by atoms with Crippen LogP contribution in [0.1, 0.15) is 12.8 Å². The predicted octanol–water partition coefficient (Wildman–Crippen LogP) is 1.34. The third-order valence-corrected chi connectivity index (χ3v) is 3.96. The number of guanidine groups is 1. The van der Waals surface area contributed by atoms with Crippen molar-refractivity contribution >= 4 is 23.2 Å². The van der Waals surface area contributed by atoms with E-state index < -0.39 is 12.1 Å². The number of hydrogen-bond donors (Lipinski definition) is 4. The van der Waals surface area contributed by atoms with E-state index in [0.29, 0.717) is 43.9 Å². The molecule has 0 bridgehead atoms. The van der Waals surface area contributed by atoms with Crippen LogP contribution in [0.4, 0.5) is 24.5 Å². The van der Waals surface area contributed by atoms with Gasteiger partial charge in [0.2, 0.25) is 5.96 Å². The fourth-order valence-corrected chi connectivity index (χ4v) is 2.53. The smallest absolute Gasteiger partial charge is 0.348 e. The van der Waals surface area contributed by atoms with Crippen LogP contribution < -0.4 is 21.0 Å². The summed E-state index contributed by atoms with van der Waals surface area (Å²) in [7, 11) is 1.81. The maximum Gasteiger partial charge on any atom is 0.471 e. The number of aliphatic imine (C=N–C) groups is 1. The van der Waals surface area contributed by atoms with Crippen molar-refractivity contribution in [2.75, 3.05) is 43.5 Å². The summed E-state index contributed by atoms with van der Waals surface area (Å²) in [5.41, 5.74) is 3.30. The zero-order valence-electron chi connectivity index (χ0n) is 15.3. The first kappa shape index (κ1) is 21.7. The molecular weight excluding hydrogens is 381 g/mol. The molecule has 4 N–H and O–H groups in total. The van der Waals surface area contributed by atoms with Crippen LogP contribution in [0.5, 0.6) is 0 Å². The molecule has 0 aromatic heterocycles. The second-order valence-electron chi connectivity index (χ2n) is 6.19. The highest BCUT2D eigenvalue weighted by atomic mass is 19.4. The molecule has 0 fully saturated rings. The van der Waals surface area contributed by atoms with Gasteiger partial charge < -0.3 is 10.2 Å². The third kappa shape index (κ3) is 5.97. The number of benzene rings is 1. The Morgan fingerprint density at radius 2 is 1.86 bits per heavy atom. The summed E-state index contributed by atoms with van der Waals surface area (Å²) in [6, 6.07) is 6.67. The number of para-hydroxylation sites is 2. The van der Waals surface area contributed by atoms with Crippen molar-refractivity contribution < 1.29 is 28.4 Å². The number of hydroxylamine groups is 1. The van der Waals surface area contributed by atoms with Crippen LogP contribution in [0.2, 0.25) is 0 Å². The summed E-state index contributed by atoms with van der Waals surface area (Å²) < 4.78 is 36.1. The minimum absolute atomic E-state index is 0.0554. The largest absolute Gasteiger partial charge is 0.471 e. The highest BCUT2D eigenvalue weighted by Gasteiger charge is 2.38. The van der Waals surface area contributed by atoms with Crippen molar-refractivity contribution in [1.29, 1.82) is 0 Å². The van der Waals surface area contributed by atoms with Gasteiger partial charge in [-0.3, -0.25) is 15.2 Å². The summed E-state index contributed by atoms with van der Waals surface area (Å²) >= 11 is 0. The van der Waals surface area contributed by atoms with Crippen LogP contribution in [0.15, 0.2) is 29.3 Å². The molecule has 1 aliphatic rings. The molecule has 0 atom stereocenters. The Morgan fingerprint density at radius 1 is 1.21 bits per heavy atom. The van der Waals surface area contributed by atoms with E-state index in [1.54, 1.807) is 24.3 Å². The minimum Gasteiger partial charge on any atom is -0.348 e. The van der Waals surface area contributed by atoms with Gasteiger partial charge in [0.25, 0.3) is 0 Å². The van der Waals surface area contributed by atoms with Crippen molar-refractivity contribution in [1.82, 2.24) is 15.6 Å². The number of hydrazine groups is 1. The molecule has 1 aromatic carbocycles. The molecule has 0 unspecified atom stereocenters. The molecule has 0 spiro atoms. The van der Waals surface area contributed by atoms with Gasteiger partial charge in [-0.25, -0.2) is 10.4 Å².